The Bertz CT molecular complexity index is 513. The highest BCUT2D eigenvalue weighted by molar-refractivity contribution is 6.54. The molecule has 0 heterocycles. The van der Waals surface area contributed by atoms with Crippen molar-refractivity contribution < 1.29 is 9.13 Å². The van der Waals surface area contributed by atoms with Crippen molar-refractivity contribution in [2.45, 2.75) is 12.5 Å². The monoisotopic (exact) mass is 260 g/mol. The van der Waals surface area contributed by atoms with E-state index < -0.39 is 9.52 Å². The summed E-state index contributed by atoms with van der Waals surface area (Å²) in [6, 6.07) is 15.7. The highest BCUT2D eigenvalue weighted by Crippen LogP contribution is 2.23. The van der Waals surface area contributed by atoms with Crippen LogP contribution in [0.15, 0.2) is 48.5 Å². The minimum atomic E-state index is -0.399. The van der Waals surface area contributed by atoms with Gasteiger partial charge < -0.3 is 4.74 Å². The van der Waals surface area contributed by atoms with Crippen molar-refractivity contribution in [1.29, 1.82) is 0 Å². The molecule has 3 heteroatoms. The van der Waals surface area contributed by atoms with Gasteiger partial charge in [0, 0.05) is 0 Å². The van der Waals surface area contributed by atoms with E-state index >= 15 is 0 Å². The van der Waals surface area contributed by atoms with Gasteiger partial charge in [0.2, 0.25) is 0 Å². The fourth-order valence-corrected chi connectivity index (χ4v) is 3.81. The summed E-state index contributed by atoms with van der Waals surface area (Å²) < 4.78 is 18.4. The van der Waals surface area contributed by atoms with Crippen LogP contribution in [0.4, 0.5) is 4.39 Å². The molecule has 1 nitrogen and oxygen atoms in total. The van der Waals surface area contributed by atoms with Crippen LogP contribution in [0.5, 0.6) is 5.75 Å². The normalized spacial score (nSPS) is 12.8. The zero-order valence-electron chi connectivity index (χ0n) is 10.7. The van der Waals surface area contributed by atoms with Gasteiger partial charge in [-0.15, -0.1) is 0 Å². The second-order valence-corrected chi connectivity index (χ2v) is 6.93. The van der Waals surface area contributed by atoms with Gasteiger partial charge in [-0.05, 0) is 23.2 Å². The number of benzene rings is 2. The first kappa shape index (κ1) is 12.8. The van der Waals surface area contributed by atoms with Crippen LogP contribution in [0, 0.1) is 5.82 Å². The lowest BCUT2D eigenvalue weighted by Gasteiger charge is -2.13. The Morgan fingerprint density at radius 3 is 2.50 bits per heavy atom. The fourth-order valence-electron chi connectivity index (χ4n) is 2.07. The third kappa shape index (κ3) is 2.99. The summed E-state index contributed by atoms with van der Waals surface area (Å²) in [7, 11) is 1.10. The first-order valence-corrected chi connectivity index (χ1v) is 7.60. The molecule has 0 aliphatic rings. The van der Waals surface area contributed by atoms with E-state index in [1.54, 1.807) is 0 Å². The molecular formula is C15H17FOSi. The van der Waals surface area contributed by atoms with E-state index in [0.29, 0.717) is 11.3 Å². The maximum Gasteiger partial charge on any atom is 0.165 e. The maximum absolute atomic E-state index is 13.3. The molecule has 0 saturated carbocycles. The molecule has 1 unspecified atom stereocenters. The topological polar surface area (TPSA) is 9.23 Å². The third-order valence-electron chi connectivity index (χ3n) is 3.13. The van der Waals surface area contributed by atoms with Crippen LogP contribution >= 0.6 is 0 Å². The van der Waals surface area contributed by atoms with Crippen molar-refractivity contribution in [1.82, 2.24) is 0 Å². The number of methoxy groups -OCH3 is 1. The first-order chi connectivity index (χ1) is 8.70. The fraction of sp³-hybridized carbons (Fsp3) is 0.200. The van der Waals surface area contributed by atoms with E-state index in [4.69, 9.17) is 4.74 Å². The molecule has 2 aromatic carbocycles. The summed E-state index contributed by atoms with van der Waals surface area (Å²) in [5, 5.41) is 1.42. The Labute approximate surface area is 109 Å². The number of hydrogen-bond donors (Lipinski definition) is 0. The van der Waals surface area contributed by atoms with Crippen LogP contribution in [0.1, 0.15) is 18.0 Å². The molecule has 0 aliphatic carbocycles. The Hall–Kier alpha value is -1.61. The highest BCUT2D eigenvalue weighted by Gasteiger charge is 2.10. The minimum Gasteiger partial charge on any atom is -0.494 e. The molecule has 0 radical (unpaired) electrons. The van der Waals surface area contributed by atoms with E-state index in [0.717, 1.165) is 5.56 Å². The summed E-state index contributed by atoms with van der Waals surface area (Å²) in [6.07, 6.45) is 0. The Balaban J connectivity index is 2.16. The smallest absolute Gasteiger partial charge is 0.165 e. The zero-order valence-corrected chi connectivity index (χ0v) is 12.1. The van der Waals surface area contributed by atoms with Gasteiger partial charge in [-0.2, -0.15) is 0 Å². The van der Waals surface area contributed by atoms with Crippen LogP contribution < -0.4 is 9.92 Å². The molecule has 0 aliphatic heterocycles. The maximum atomic E-state index is 13.3. The standard InChI is InChI=1S/C15H17FOSi/c1-11(18-13-6-4-3-5-7-13)12-8-9-14(16)15(10-12)17-2/h3-11H,18H2,1-2H3. The van der Waals surface area contributed by atoms with E-state index in [1.165, 1.54) is 18.4 Å². The van der Waals surface area contributed by atoms with E-state index in [1.807, 2.05) is 18.2 Å². The molecule has 0 saturated heterocycles. The molecule has 18 heavy (non-hydrogen) atoms. The van der Waals surface area contributed by atoms with Crippen molar-refractivity contribution in [2.24, 2.45) is 0 Å². The predicted molar refractivity (Wildman–Crippen MR) is 76.0 cm³/mol. The lowest BCUT2D eigenvalue weighted by molar-refractivity contribution is 0.386. The number of rotatable bonds is 4. The largest absolute Gasteiger partial charge is 0.494 e. The molecule has 94 valence electrons. The average molecular weight is 260 g/mol. The third-order valence-corrected chi connectivity index (χ3v) is 5.16. The lowest BCUT2D eigenvalue weighted by atomic mass is 10.1. The molecule has 2 rings (SSSR count). The van der Waals surface area contributed by atoms with E-state index in [2.05, 4.69) is 31.2 Å². The molecule has 0 amide bonds. The Morgan fingerprint density at radius 1 is 1.11 bits per heavy atom. The quantitative estimate of drug-likeness (QED) is 0.767. The molecule has 0 bridgehead atoms. The van der Waals surface area contributed by atoms with Gasteiger partial charge in [0.05, 0.1) is 16.6 Å². The van der Waals surface area contributed by atoms with Crippen molar-refractivity contribution in [3.63, 3.8) is 0 Å². The van der Waals surface area contributed by atoms with Gasteiger partial charge in [-0.3, -0.25) is 0 Å². The van der Waals surface area contributed by atoms with Crippen molar-refractivity contribution in [2.75, 3.05) is 7.11 Å². The summed E-state index contributed by atoms with van der Waals surface area (Å²) in [6.45, 7) is 2.20. The second-order valence-electron chi connectivity index (χ2n) is 4.48. The molecule has 0 spiro atoms. The van der Waals surface area contributed by atoms with Crippen LogP contribution in [0.2, 0.25) is 0 Å². The van der Waals surface area contributed by atoms with Gasteiger partial charge >= 0.3 is 0 Å². The van der Waals surface area contributed by atoms with E-state index in [9.17, 15) is 4.39 Å². The van der Waals surface area contributed by atoms with Gasteiger partial charge in [0.1, 0.15) is 0 Å². The van der Waals surface area contributed by atoms with Gasteiger partial charge in [-0.25, -0.2) is 4.39 Å². The lowest BCUT2D eigenvalue weighted by Crippen LogP contribution is -2.19. The Morgan fingerprint density at radius 2 is 1.83 bits per heavy atom. The Kier molecular flexibility index (Phi) is 4.15. The summed E-state index contributed by atoms with van der Waals surface area (Å²) in [5.74, 6) is 0.0382. The van der Waals surface area contributed by atoms with E-state index in [-0.39, 0.29) is 5.82 Å². The number of hydrogen-bond acceptors (Lipinski definition) is 1. The first-order valence-electron chi connectivity index (χ1n) is 6.08. The number of halogens is 1. The molecule has 0 N–H and O–H groups in total. The molecule has 0 aromatic heterocycles. The predicted octanol–water partition coefficient (Wildman–Crippen LogP) is 2.39. The zero-order chi connectivity index (χ0) is 13.0. The minimum absolute atomic E-state index is 0.296. The SMILES string of the molecule is COc1cc(C(C)[SiH2]c2ccccc2)ccc1F. The van der Waals surface area contributed by atoms with Crippen molar-refractivity contribution in [3.8, 4) is 5.75 Å². The average Bonchev–Trinajstić information content (AvgIpc) is 2.40. The van der Waals surface area contributed by atoms with Gasteiger partial charge in [0.25, 0.3) is 0 Å². The second kappa shape index (κ2) is 5.82. The van der Waals surface area contributed by atoms with Crippen molar-refractivity contribution in [3.05, 3.63) is 59.9 Å². The van der Waals surface area contributed by atoms with Crippen LogP contribution in [-0.4, -0.2) is 16.6 Å². The summed E-state index contributed by atoms with van der Waals surface area (Å²) >= 11 is 0. The molecule has 0 fully saturated rings. The molecule has 2 aromatic rings. The highest BCUT2D eigenvalue weighted by atomic mass is 28.2. The van der Waals surface area contributed by atoms with Crippen LogP contribution in [0.3, 0.4) is 0 Å². The number of ether oxygens (including phenoxy) is 1. The van der Waals surface area contributed by atoms with Crippen LogP contribution in [0.25, 0.3) is 0 Å². The van der Waals surface area contributed by atoms with Crippen molar-refractivity contribution >= 4 is 14.7 Å². The van der Waals surface area contributed by atoms with Gasteiger partial charge in [-0.1, -0.05) is 48.5 Å². The summed E-state index contributed by atoms with van der Waals surface area (Å²) in [5.41, 5.74) is 1.63. The summed E-state index contributed by atoms with van der Waals surface area (Å²) in [4.78, 5) is 0. The molecule has 1 atom stereocenters. The van der Waals surface area contributed by atoms with Gasteiger partial charge in [0.15, 0.2) is 11.6 Å². The van der Waals surface area contributed by atoms with Crippen LogP contribution in [-0.2, 0) is 0 Å². The molecular weight excluding hydrogens is 243 g/mol.